The smallest absolute Gasteiger partial charge is 0.308 e. The van der Waals surface area contributed by atoms with Gasteiger partial charge in [0, 0.05) is 32.6 Å². The molecule has 126 valence electrons. The third-order valence-corrected chi connectivity index (χ3v) is 3.93. The molecule has 2 heterocycles. The van der Waals surface area contributed by atoms with Crippen LogP contribution in [0.2, 0.25) is 0 Å². The second-order valence-electron chi connectivity index (χ2n) is 5.49. The van der Waals surface area contributed by atoms with Gasteiger partial charge in [0.15, 0.2) is 5.96 Å². The minimum absolute atomic E-state index is 0.0000214. The number of likely N-dealkylation sites (tertiary alicyclic amines) is 1. The number of hydrogen-bond acceptors (Lipinski definition) is 4. The zero-order chi connectivity index (χ0) is 16.5. The molecule has 0 bridgehead atoms. The Labute approximate surface area is 137 Å². The van der Waals surface area contributed by atoms with E-state index in [-0.39, 0.29) is 11.9 Å². The van der Waals surface area contributed by atoms with Crippen molar-refractivity contribution in [2.45, 2.75) is 19.3 Å². The Morgan fingerprint density at radius 2 is 2.35 bits per heavy atom. The van der Waals surface area contributed by atoms with Crippen LogP contribution < -0.4 is 5.32 Å². The first kappa shape index (κ1) is 17.1. The summed E-state index contributed by atoms with van der Waals surface area (Å²) >= 11 is 0. The van der Waals surface area contributed by atoms with Crippen LogP contribution in [-0.2, 0) is 16.0 Å². The fourth-order valence-corrected chi connectivity index (χ4v) is 2.65. The molecule has 1 aliphatic rings. The van der Waals surface area contributed by atoms with Crippen molar-refractivity contribution >= 4 is 11.9 Å². The van der Waals surface area contributed by atoms with Crippen LogP contribution in [0.25, 0.3) is 0 Å². The number of nitrogens with one attached hydrogen (secondary N) is 1. The molecular formula is C17H25N3O3. The predicted molar refractivity (Wildman–Crippen MR) is 89.2 cm³/mol. The lowest BCUT2D eigenvalue weighted by atomic mass is 9.97. The molecule has 1 saturated heterocycles. The number of aliphatic imine (C=N–C) groups is 1. The lowest BCUT2D eigenvalue weighted by molar-refractivity contribution is -0.146. The van der Waals surface area contributed by atoms with E-state index in [0.717, 1.165) is 44.1 Å². The second-order valence-corrected chi connectivity index (χ2v) is 5.49. The van der Waals surface area contributed by atoms with E-state index in [9.17, 15) is 4.79 Å². The van der Waals surface area contributed by atoms with Gasteiger partial charge >= 0.3 is 5.97 Å². The number of carbonyl (C=O) groups is 1. The number of rotatable bonds is 6. The molecule has 1 aliphatic heterocycles. The molecule has 0 saturated carbocycles. The summed E-state index contributed by atoms with van der Waals surface area (Å²) in [5.74, 6) is 1.68. The molecule has 0 radical (unpaired) electrons. The van der Waals surface area contributed by atoms with Crippen molar-refractivity contribution in [1.82, 2.24) is 10.2 Å². The number of furan rings is 1. The minimum atomic E-state index is -0.111. The molecule has 1 fully saturated rings. The van der Waals surface area contributed by atoms with Crippen LogP contribution >= 0.6 is 0 Å². The van der Waals surface area contributed by atoms with Crippen molar-refractivity contribution in [3.8, 4) is 0 Å². The first-order chi connectivity index (χ1) is 11.2. The predicted octanol–water partition coefficient (Wildman–Crippen LogP) is 1.84. The number of hydrogen-bond donors (Lipinski definition) is 1. The number of methoxy groups -OCH3 is 1. The molecule has 0 atom stereocenters. The van der Waals surface area contributed by atoms with Gasteiger partial charge in [-0.05, 0) is 25.0 Å². The van der Waals surface area contributed by atoms with Gasteiger partial charge < -0.3 is 19.4 Å². The molecule has 23 heavy (non-hydrogen) atoms. The molecule has 2 rings (SSSR count). The topological polar surface area (TPSA) is 67.1 Å². The van der Waals surface area contributed by atoms with E-state index < -0.39 is 0 Å². The van der Waals surface area contributed by atoms with E-state index in [2.05, 4.69) is 21.8 Å². The highest BCUT2D eigenvalue weighted by Gasteiger charge is 2.26. The molecule has 0 amide bonds. The molecule has 1 N–H and O–H groups in total. The highest BCUT2D eigenvalue weighted by molar-refractivity contribution is 5.80. The summed E-state index contributed by atoms with van der Waals surface area (Å²) in [6.07, 6.45) is 5.83. The van der Waals surface area contributed by atoms with Crippen LogP contribution in [0.4, 0.5) is 0 Å². The SMILES string of the molecule is C=CCNC(=NCCc1ccco1)N1CCC(C(=O)OC)CC1. The van der Waals surface area contributed by atoms with Gasteiger partial charge in [-0.25, -0.2) is 0 Å². The highest BCUT2D eigenvalue weighted by atomic mass is 16.5. The number of esters is 1. The Hall–Kier alpha value is -2.24. The number of guanidine groups is 1. The van der Waals surface area contributed by atoms with Crippen LogP contribution in [0.5, 0.6) is 0 Å². The normalized spacial score (nSPS) is 16.2. The lowest BCUT2D eigenvalue weighted by Gasteiger charge is -2.33. The van der Waals surface area contributed by atoms with Crippen molar-refractivity contribution in [3.63, 3.8) is 0 Å². The third kappa shape index (κ3) is 5.16. The number of ether oxygens (including phenoxy) is 1. The summed E-state index contributed by atoms with van der Waals surface area (Å²) in [5, 5.41) is 3.29. The second kappa shape index (κ2) is 9.02. The zero-order valence-corrected chi connectivity index (χ0v) is 13.7. The number of carbonyl (C=O) groups excluding carboxylic acids is 1. The first-order valence-corrected chi connectivity index (χ1v) is 7.99. The van der Waals surface area contributed by atoms with E-state index in [4.69, 9.17) is 9.15 Å². The maximum absolute atomic E-state index is 11.6. The maximum atomic E-state index is 11.6. The first-order valence-electron chi connectivity index (χ1n) is 7.99. The van der Waals surface area contributed by atoms with Crippen LogP contribution in [0.1, 0.15) is 18.6 Å². The summed E-state index contributed by atoms with van der Waals surface area (Å²) in [7, 11) is 1.45. The summed E-state index contributed by atoms with van der Waals surface area (Å²) in [4.78, 5) is 18.5. The van der Waals surface area contributed by atoms with Crippen molar-refractivity contribution in [2.75, 3.05) is 33.3 Å². The number of piperidine rings is 1. The van der Waals surface area contributed by atoms with Gasteiger partial charge in [0.2, 0.25) is 0 Å². The standard InChI is InChI=1S/C17H25N3O3/c1-3-9-18-17(19-10-6-15-5-4-13-23-15)20-11-7-14(8-12-20)16(21)22-2/h3-5,13-14H,1,6-12H2,2H3,(H,18,19). The van der Waals surface area contributed by atoms with Gasteiger partial charge in [0.25, 0.3) is 0 Å². The Morgan fingerprint density at radius 3 is 2.96 bits per heavy atom. The monoisotopic (exact) mass is 319 g/mol. The van der Waals surface area contributed by atoms with E-state index in [1.54, 1.807) is 6.26 Å². The van der Waals surface area contributed by atoms with Crippen molar-refractivity contribution in [1.29, 1.82) is 0 Å². The van der Waals surface area contributed by atoms with E-state index >= 15 is 0 Å². The lowest BCUT2D eigenvalue weighted by Crippen LogP contribution is -2.46. The molecule has 0 spiro atoms. The van der Waals surface area contributed by atoms with Gasteiger partial charge in [-0.15, -0.1) is 6.58 Å². The minimum Gasteiger partial charge on any atom is -0.469 e. The van der Waals surface area contributed by atoms with Gasteiger partial charge in [-0.2, -0.15) is 0 Å². The Kier molecular flexibility index (Phi) is 6.72. The van der Waals surface area contributed by atoms with Crippen LogP contribution in [0.15, 0.2) is 40.5 Å². The van der Waals surface area contributed by atoms with Gasteiger partial charge in [0.05, 0.1) is 19.3 Å². The third-order valence-electron chi connectivity index (χ3n) is 3.93. The van der Waals surface area contributed by atoms with Crippen LogP contribution in [0.3, 0.4) is 0 Å². The highest BCUT2D eigenvalue weighted by Crippen LogP contribution is 2.18. The Morgan fingerprint density at radius 1 is 1.57 bits per heavy atom. The van der Waals surface area contributed by atoms with E-state index in [1.807, 2.05) is 18.2 Å². The Bertz CT molecular complexity index is 517. The largest absolute Gasteiger partial charge is 0.469 e. The average Bonchev–Trinajstić information content (AvgIpc) is 3.11. The average molecular weight is 319 g/mol. The molecule has 6 nitrogen and oxygen atoms in total. The molecule has 0 unspecified atom stereocenters. The van der Waals surface area contributed by atoms with Crippen LogP contribution in [-0.4, -0.2) is 50.1 Å². The maximum Gasteiger partial charge on any atom is 0.308 e. The zero-order valence-electron chi connectivity index (χ0n) is 13.7. The Balaban J connectivity index is 1.89. The quantitative estimate of drug-likeness (QED) is 0.375. The fourth-order valence-electron chi connectivity index (χ4n) is 2.65. The molecule has 6 heteroatoms. The summed E-state index contributed by atoms with van der Waals surface area (Å²) in [5.41, 5.74) is 0. The fraction of sp³-hybridized carbons (Fsp3) is 0.529. The molecule has 1 aromatic rings. The van der Waals surface area contributed by atoms with Gasteiger partial charge in [0.1, 0.15) is 5.76 Å². The van der Waals surface area contributed by atoms with Crippen molar-refractivity contribution in [2.24, 2.45) is 10.9 Å². The molecular weight excluding hydrogens is 294 g/mol. The molecule has 0 aliphatic carbocycles. The van der Waals surface area contributed by atoms with E-state index in [0.29, 0.717) is 13.1 Å². The van der Waals surface area contributed by atoms with Gasteiger partial charge in [-0.3, -0.25) is 9.79 Å². The number of nitrogens with zero attached hydrogens (tertiary/aromatic N) is 2. The van der Waals surface area contributed by atoms with Gasteiger partial charge in [-0.1, -0.05) is 6.08 Å². The molecule has 1 aromatic heterocycles. The van der Waals surface area contributed by atoms with E-state index in [1.165, 1.54) is 7.11 Å². The summed E-state index contributed by atoms with van der Waals surface area (Å²) in [6, 6.07) is 3.84. The van der Waals surface area contributed by atoms with Crippen molar-refractivity contribution < 1.29 is 13.9 Å². The molecule has 0 aromatic carbocycles. The summed E-state index contributed by atoms with van der Waals surface area (Å²) < 4.78 is 10.2. The van der Waals surface area contributed by atoms with Crippen molar-refractivity contribution in [3.05, 3.63) is 36.8 Å². The summed E-state index contributed by atoms with van der Waals surface area (Å²) in [6.45, 7) is 6.64. The van der Waals surface area contributed by atoms with Crippen LogP contribution in [0, 0.1) is 5.92 Å².